The Labute approximate surface area is 169 Å². The number of benzene rings is 1. The van der Waals surface area contributed by atoms with Crippen LogP contribution in [0.3, 0.4) is 0 Å². The third-order valence-electron chi connectivity index (χ3n) is 5.36. The summed E-state index contributed by atoms with van der Waals surface area (Å²) in [5, 5.41) is 4.33. The molecule has 5 nitrogen and oxygen atoms in total. The molecule has 0 atom stereocenters. The lowest BCUT2D eigenvalue weighted by Crippen LogP contribution is -2.33. The molecule has 2 aromatic heterocycles. The molecule has 1 aliphatic heterocycles. The monoisotopic (exact) mass is 394 g/mol. The van der Waals surface area contributed by atoms with Gasteiger partial charge in [-0.15, -0.1) is 0 Å². The van der Waals surface area contributed by atoms with E-state index in [4.69, 9.17) is 16.6 Å². The zero-order valence-corrected chi connectivity index (χ0v) is 16.8. The maximum atomic E-state index is 12.4. The van der Waals surface area contributed by atoms with Gasteiger partial charge in [0.15, 0.2) is 0 Å². The van der Waals surface area contributed by atoms with Crippen molar-refractivity contribution >= 4 is 39.9 Å². The van der Waals surface area contributed by atoms with Gasteiger partial charge >= 0.3 is 0 Å². The Hall–Kier alpha value is -2.66. The molecule has 3 aromatic rings. The predicted octanol–water partition coefficient (Wildman–Crippen LogP) is 5.08. The van der Waals surface area contributed by atoms with E-state index in [-0.39, 0.29) is 5.91 Å². The van der Waals surface area contributed by atoms with Crippen molar-refractivity contribution in [1.29, 1.82) is 0 Å². The van der Waals surface area contributed by atoms with Crippen LogP contribution in [0.4, 0.5) is 11.5 Å². The number of rotatable bonds is 3. The van der Waals surface area contributed by atoms with Crippen LogP contribution in [0.25, 0.3) is 10.9 Å². The molecule has 0 spiro atoms. The van der Waals surface area contributed by atoms with Gasteiger partial charge in [0.05, 0.1) is 11.1 Å². The normalized spacial score (nSPS) is 15.0. The minimum absolute atomic E-state index is 0.215. The topological polar surface area (TPSA) is 58.1 Å². The van der Waals surface area contributed by atoms with Gasteiger partial charge in [0.2, 0.25) is 0 Å². The average molecular weight is 395 g/mol. The molecule has 1 aliphatic rings. The molecule has 28 heavy (non-hydrogen) atoms. The fourth-order valence-electron chi connectivity index (χ4n) is 3.57. The second-order valence-electron chi connectivity index (χ2n) is 7.52. The lowest BCUT2D eigenvalue weighted by atomic mass is 9.99. The Kier molecular flexibility index (Phi) is 5.18. The maximum Gasteiger partial charge on any atom is 0.257 e. The molecule has 0 unspecified atom stereocenters. The highest BCUT2D eigenvalue weighted by atomic mass is 35.5. The summed E-state index contributed by atoms with van der Waals surface area (Å²) in [4.78, 5) is 23.6. The van der Waals surface area contributed by atoms with Crippen LogP contribution in [0.1, 0.15) is 35.7 Å². The van der Waals surface area contributed by atoms with Gasteiger partial charge in [-0.1, -0.05) is 18.5 Å². The number of nitrogens with one attached hydrogen (secondary N) is 1. The minimum Gasteiger partial charge on any atom is -0.357 e. The minimum atomic E-state index is -0.215. The quantitative estimate of drug-likeness (QED) is 0.629. The third-order valence-corrected chi connectivity index (χ3v) is 5.58. The van der Waals surface area contributed by atoms with Crippen LogP contribution >= 0.6 is 11.6 Å². The van der Waals surface area contributed by atoms with Crippen molar-refractivity contribution in [2.45, 2.75) is 26.7 Å². The first kappa shape index (κ1) is 18.7. The van der Waals surface area contributed by atoms with Crippen molar-refractivity contribution in [3.63, 3.8) is 0 Å². The Bertz CT molecular complexity index is 1010. The maximum absolute atomic E-state index is 12.4. The Morgan fingerprint density at radius 1 is 1.18 bits per heavy atom. The number of hydrogen-bond donors (Lipinski definition) is 1. The van der Waals surface area contributed by atoms with Gasteiger partial charge in [0.25, 0.3) is 5.91 Å². The first-order chi connectivity index (χ1) is 13.5. The number of nitrogens with zero attached hydrogens (tertiary/aromatic N) is 3. The van der Waals surface area contributed by atoms with Crippen LogP contribution in [0.15, 0.2) is 42.6 Å². The molecule has 1 amide bonds. The lowest BCUT2D eigenvalue weighted by molar-refractivity contribution is 0.102. The largest absolute Gasteiger partial charge is 0.357 e. The summed E-state index contributed by atoms with van der Waals surface area (Å²) in [7, 11) is 0. The number of carbonyl (C=O) groups excluding carboxylic acids is 1. The molecule has 3 heterocycles. The van der Waals surface area contributed by atoms with Gasteiger partial charge in [0.1, 0.15) is 11.0 Å². The van der Waals surface area contributed by atoms with Crippen LogP contribution in [0.5, 0.6) is 0 Å². The Morgan fingerprint density at radius 2 is 1.96 bits per heavy atom. The second-order valence-corrected chi connectivity index (χ2v) is 7.91. The van der Waals surface area contributed by atoms with Gasteiger partial charge in [-0.05, 0) is 67.6 Å². The summed E-state index contributed by atoms with van der Waals surface area (Å²) >= 11 is 5.78. The first-order valence-corrected chi connectivity index (χ1v) is 9.96. The highest BCUT2D eigenvalue weighted by Crippen LogP contribution is 2.28. The zero-order valence-electron chi connectivity index (χ0n) is 16.1. The average Bonchev–Trinajstić information content (AvgIpc) is 2.69. The van der Waals surface area contributed by atoms with Gasteiger partial charge in [0, 0.05) is 30.4 Å². The van der Waals surface area contributed by atoms with Crippen LogP contribution < -0.4 is 10.2 Å². The summed E-state index contributed by atoms with van der Waals surface area (Å²) in [6.07, 6.45) is 3.89. The number of aryl methyl sites for hydroxylation is 1. The number of anilines is 2. The summed E-state index contributed by atoms with van der Waals surface area (Å²) in [5.41, 5.74) is 3.30. The van der Waals surface area contributed by atoms with Crippen molar-refractivity contribution < 1.29 is 4.79 Å². The number of carbonyl (C=O) groups is 1. The second kappa shape index (κ2) is 7.76. The van der Waals surface area contributed by atoms with Gasteiger partial charge in [-0.25, -0.2) is 9.97 Å². The lowest BCUT2D eigenvalue weighted by Gasteiger charge is -2.31. The van der Waals surface area contributed by atoms with Crippen molar-refractivity contribution in [2.24, 2.45) is 5.92 Å². The van der Waals surface area contributed by atoms with Gasteiger partial charge in [-0.2, -0.15) is 0 Å². The van der Waals surface area contributed by atoms with Gasteiger partial charge in [-0.3, -0.25) is 4.79 Å². The third kappa shape index (κ3) is 3.94. The highest BCUT2D eigenvalue weighted by Gasteiger charge is 2.18. The van der Waals surface area contributed by atoms with Crippen LogP contribution in [0.2, 0.25) is 5.15 Å². The number of pyridine rings is 2. The van der Waals surface area contributed by atoms with Crippen LogP contribution in [-0.2, 0) is 0 Å². The molecule has 1 N–H and O–H groups in total. The number of fused-ring (bicyclic) bond motifs is 1. The Morgan fingerprint density at radius 3 is 2.68 bits per heavy atom. The molecule has 1 aromatic carbocycles. The molecule has 0 bridgehead atoms. The fourth-order valence-corrected chi connectivity index (χ4v) is 3.68. The molecule has 1 fully saturated rings. The zero-order chi connectivity index (χ0) is 19.7. The van der Waals surface area contributed by atoms with Gasteiger partial charge < -0.3 is 10.2 Å². The number of amides is 1. The van der Waals surface area contributed by atoms with E-state index in [1.165, 1.54) is 19.0 Å². The van der Waals surface area contributed by atoms with Crippen molar-refractivity contribution in [3.8, 4) is 0 Å². The number of piperidine rings is 1. The highest BCUT2D eigenvalue weighted by molar-refractivity contribution is 6.29. The molecular formula is C22H23ClN4O. The molecule has 0 radical (unpaired) electrons. The van der Waals surface area contributed by atoms with Crippen molar-refractivity contribution in [3.05, 3.63) is 58.9 Å². The predicted molar refractivity (Wildman–Crippen MR) is 114 cm³/mol. The molecule has 4 rings (SSSR count). The van der Waals surface area contributed by atoms with E-state index >= 15 is 0 Å². The standard InChI is InChI=1S/C22H23ClN4O/c1-14-7-9-27(10-8-14)21-11-15(2)18-12-17(4-5-19(18)26-21)25-22(28)16-3-6-20(23)24-13-16/h3-6,11-14H,7-10H2,1-2H3,(H,25,28). The number of aromatic nitrogens is 2. The smallest absolute Gasteiger partial charge is 0.257 e. The van der Waals surface area contributed by atoms with E-state index in [9.17, 15) is 4.79 Å². The molecular weight excluding hydrogens is 372 g/mol. The molecule has 6 heteroatoms. The van der Waals surface area contributed by atoms with E-state index in [1.807, 2.05) is 18.2 Å². The van der Waals surface area contributed by atoms with Crippen molar-refractivity contribution in [1.82, 2.24) is 9.97 Å². The fraction of sp³-hybridized carbons (Fsp3) is 0.318. The van der Waals surface area contributed by atoms with E-state index in [1.54, 1.807) is 12.1 Å². The summed E-state index contributed by atoms with van der Waals surface area (Å²) in [6.45, 7) is 6.52. The number of halogens is 1. The summed E-state index contributed by atoms with van der Waals surface area (Å²) in [6, 6.07) is 11.2. The summed E-state index contributed by atoms with van der Waals surface area (Å²) < 4.78 is 0. The van der Waals surface area contributed by atoms with Crippen LogP contribution in [0, 0.1) is 12.8 Å². The molecule has 0 saturated carbocycles. The van der Waals surface area contributed by atoms with Crippen molar-refractivity contribution in [2.75, 3.05) is 23.3 Å². The van der Waals surface area contributed by atoms with Crippen LogP contribution in [-0.4, -0.2) is 29.0 Å². The van der Waals surface area contributed by atoms with E-state index in [0.717, 1.165) is 47.0 Å². The number of hydrogen-bond acceptors (Lipinski definition) is 4. The van der Waals surface area contributed by atoms with E-state index in [0.29, 0.717) is 10.7 Å². The van der Waals surface area contributed by atoms with E-state index < -0.39 is 0 Å². The Balaban J connectivity index is 1.57. The first-order valence-electron chi connectivity index (χ1n) is 9.59. The molecule has 144 valence electrons. The SMILES string of the molecule is Cc1cc(N2CCC(C)CC2)nc2ccc(NC(=O)c3ccc(Cl)nc3)cc12. The summed E-state index contributed by atoms with van der Waals surface area (Å²) in [5.74, 6) is 1.62. The molecule has 1 saturated heterocycles. The van der Waals surface area contributed by atoms with E-state index in [2.05, 4.69) is 35.1 Å². The molecule has 0 aliphatic carbocycles.